The number of benzene rings is 1. The van der Waals surface area contributed by atoms with Gasteiger partial charge in [-0.25, -0.2) is 8.78 Å². The Balaban J connectivity index is 2.13. The summed E-state index contributed by atoms with van der Waals surface area (Å²) in [5, 5.41) is 3.29. The van der Waals surface area contributed by atoms with E-state index in [1.165, 1.54) is 12.1 Å². The molecular formula is C11H13F2N. The molecule has 1 aliphatic rings. The maximum absolute atomic E-state index is 12.9. The first-order chi connectivity index (χ1) is 6.59. The van der Waals surface area contributed by atoms with Crippen LogP contribution in [0.1, 0.15) is 18.9 Å². The van der Waals surface area contributed by atoms with Crippen LogP contribution in [0.2, 0.25) is 0 Å². The Labute approximate surface area is 82.1 Å². The van der Waals surface area contributed by atoms with Gasteiger partial charge in [-0.05, 0) is 44.0 Å². The van der Waals surface area contributed by atoms with E-state index in [1.54, 1.807) is 6.07 Å². The zero-order valence-electron chi connectivity index (χ0n) is 8.11. The summed E-state index contributed by atoms with van der Waals surface area (Å²) in [6, 6.07) is 4.11. The summed E-state index contributed by atoms with van der Waals surface area (Å²) in [7, 11) is 0. The number of nitrogens with one attached hydrogen (secondary N) is 1. The zero-order valence-corrected chi connectivity index (χ0v) is 8.11. The van der Waals surface area contributed by atoms with Gasteiger partial charge in [0.05, 0.1) is 0 Å². The van der Waals surface area contributed by atoms with E-state index >= 15 is 0 Å². The van der Waals surface area contributed by atoms with Crippen LogP contribution in [0.15, 0.2) is 18.2 Å². The molecule has 1 aromatic rings. The quantitative estimate of drug-likeness (QED) is 0.766. The molecule has 1 saturated heterocycles. The van der Waals surface area contributed by atoms with Gasteiger partial charge in [0, 0.05) is 5.54 Å². The number of halogens is 2. The molecule has 1 unspecified atom stereocenters. The number of hydrogen-bond acceptors (Lipinski definition) is 1. The van der Waals surface area contributed by atoms with Crippen LogP contribution in [0.4, 0.5) is 8.78 Å². The van der Waals surface area contributed by atoms with Crippen molar-refractivity contribution in [1.82, 2.24) is 5.32 Å². The summed E-state index contributed by atoms with van der Waals surface area (Å²) < 4.78 is 25.5. The van der Waals surface area contributed by atoms with Crippen molar-refractivity contribution in [3.05, 3.63) is 35.4 Å². The molecular weight excluding hydrogens is 184 g/mol. The molecule has 1 fully saturated rings. The first-order valence-corrected chi connectivity index (χ1v) is 4.78. The summed E-state index contributed by atoms with van der Waals surface area (Å²) >= 11 is 0. The Morgan fingerprint density at radius 1 is 1.36 bits per heavy atom. The van der Waals surface area contributed by atoms with Crippen LogP contribution < -0.4 is 5.32 Å². The molecule has 0 radical (unpaired) electrons. The second kappa shape index (κ2) is 3.31. The van der Waals surface area contributed by atoms with Gasteiger partial charge in [0.1, 0.15) is 0 Å². The van der Waals surface area contributed by atoms with Crippen molar-refractivity contribution in [2.75, 3.05) is 6.54 Å². The van der Waals surface area contributed by atoms with Crippen molar-refractivity contribution in [2.45, 2.75) is 25.3 Å². The van der Waals surface area contributed by atoms with Crippen molar-refractivity contribution >= 4 is 0 Å². The van der Waals surface area contributed by atoms with Gasteiger partial charge in [-0.15, -0.1) is 0 Å². The van der Waals surface area contributed by atoms with E-state index in [1.807, 2.05) is 0 Å². The highest BCUT2D eigenvalue weighted by molar-refractivity contribution is 5.21. The van der Waals surface area contributed by atoms with Crippen LogP contribution >= 0.6 is 0 Å². The fourth-order valence-corrected chi connectivity index (χ4v) is 1.80. The molecule has 0 saturated carbocycles. The standard InChI is InChI=1S/C11H13F2N/c1-11(4-5-14-11)7-8-2-3-9(12)10(13)6-8/h2-3,6,14H,4-5,7H2,1H3. The highest BCUT2D eigenvalue weighted by Crippen LogP contribution is 2.23. The molecule has 1 aliphatic heterocycles. The topological polar surface area (TPSA) is 12.0 Å². The Hall–Kier alpha value is -0.960. The molecule has 2 rings (SSSR count). The predicted molar refractivity (Wildman–Crippen MR) is 51.1 cm³/mol. The van der Waals surface area contributed by atoms with Gasteiger partial charge < -0.3 is 5.32 Å². The van der Waals surface area contributed by atoms with Gasteiger partial charge in [0.15, 0.2) is 11.6 Å². The third-order valence-electron chi connectivity index (χ3n) is 2.81. The van der Waals surface area contributed by atoms with E-state index in [9.17, 15) is 8.78 Å². The Bertz CT molecular complexity index is 345. The third kappa shape index (κ3) is 1.77. The molecule has 1 atom stereocenters. The molecule has 1 aromatic carbocycles. The molecule has 0 spiro atoms. The lowest BCUT2D eigenvalue weighted by Crippen LogP contribution is -2.55. The Morgan fingerprint density at radius 2 is 2.07 bits per heavy atom. The second-order valence-corrected chi connectivity index (χ2v) is 4.16. The van der Waals surface area contributed by atoms with Crippen molar-refractivity contribution in [1.29, 1.82) is 0 Å². The average Bonchev–Trinajstić information content (AvgIpc) is 2.09. The fourth-order valence-electron chi connectivity index (χ4n) is 1.80. The highest BCUT2D eigenvalue weighted by Gasteiger charge is 2.30. The van der Waals surface area contributed by atoms with E-state index < -0.39 is 11.6 Å². The molecule has 14 heavy (non-hydrogen) atoms. The predicted octanol–water partition coefficient (Wildman–Crippen LogP) is 2.26. The van der Waals surface area contributed by atoms with Crippen LogP contribution in [-0.2, 0) is 6.42 Å². The summed E-state index contributed by atoms with van der Waals surface area (Å²) in [4.78, 5) is 0. The van der Waals surface area contributed by atoms with Gasteiger partial charge in [0.25, 0.3) is 0 Å². The Morgan fingerprint density at radius 3 is 2.57 bits per heavy atom. The van der Waals surface area contributed by atoms with E-state index in [0.717, 1.165) is 24.9 Å². The van der Waals surface area contributed by atoms with Gasteiger partial charge >= 0.3 is 0 Å². The van der Waals surface area contributed by atoms with E-state index in [2.05, 4.69) is 12.2 Å². The van der Waals surface area contributed by atoms with Crippen molar-refractivity contribution < 1.29 is 8.78 Å². The number of rotatable bonds is 2. The van der Waals surface area contributed by atoms with Crippen LogP contribution in [0.5, 0.6) is 0 Å². The molecule has 1 N–H and O–H groups in total. The largest absolute Gasteiger partial charge is 0.311 e. The monoisotopic (exact) mass is 197 g/mol. The molecule has 0 bridgehead atoms. The second-order valence-electron chi connectivity index (χ2n) is 4.16. The highest BCUT2D eigenvalue weighted by atomic mass is 19.2. The maximum atomic E-state index is 12.9. The van der Waals surface area contributed by atoms with Crippen LogP contribution in [0.3, 0.4) is 0 Å². The first kappa shape index (κ1) is 9.59. The van der Waals surface area contributed by atoms with Gasteiger partial charge in [-0.1, -0.05) is 6.07 Å². The molecule has 0 aliphatic carbocycles. The fraction of sp³-hybridized carbons (Fsp3) is 0.455. The smallest absolute Gasteiger partial charge is 0.159 e. The molecule has 0 amide bonds. The van der Waals surface area contributed by atoms with Crippen LogP contribution in [0, 0.1) is 11.6 Å². The average molecular weight is 197 g/mol. The van der Waals surface area contributed by atoms with Gasteiger partial charge in [-0.3, -0.25) is 0 Å². The summed E-state index contributed by atoms with van der Waals surface area (Å²) in [6.45, 7) is 3.11. The van der Waals surface area contributed by atoms with Crippen molar-refractivity contribution in [3.8, 4) is 0 Å². The van der Waals surface area contributed by atoms with E-state index in [-0.39, 0.29) is 5.54 Å². The molecule has 1 nitrogen and oxygen atoms in total. The molecule has 76 valence electrons. The lowest BCUT2D eigenvalue weighted by molar-refractivity contribution is 0.231. The Kier molecular flexibility index (Phi) is 2.27. The molecule has 0 aromatic heterocycles. The van der Waals surface area contributed by atoms with Gasteiger partial charge in [0.2, 0.25) is 0 Å². The maximum Gasteiger partial charge on any atom is 0.159 e. The van der Waals surface area contributed by atoms with E-state index in [0.29, 0.717) is 0 Å². The SMILES string of the molecule is CC1(Cc2ccc(F)c(F)c2)CCN1. The van der Waals surface area contributed by atoms with Crippen LogP contribution in [0.25, 0.3) is 0 Å². The lowest BCUT2D eigenvalue weighted by atomic mass is 9.84. The normalized spacial score (nSPS) is 25.9. The van der Waals surface area contributed by atoms with Crippen LogP contribution in [-0.4, -0.2) is 12.1 Å². The first-order valence-electron chi connectivity index (χ1n) is 4.78. The third-order valence-corrected chi connectivity index (χ3v) is 2.81. The minimum Gasteiger partial charge on any atom is -0.311 e. The van der Waals surface area contributed by atoms with E-state index in [4.69, 9.17) is 0 Å². The molecule has 3 heteroatoms. The minimum atomic E-state index is -0.777. The minimum absolute atomic E-state index is 0.0737. The summed E-state index contributed by atoms with van der Waals surface area (Å²) in [5.74, 6) is -1.54. The van der Waals surface area contributed by atoms with Gasteiger partial charge in [-0.2, -0.15) is 0 Å². The van der Waals surface area contributed by atoms with Crippen molar-refractivity contribution in [3.63, 3.8) is 0 Å². The molecule has 1 heterocycles. The lowest BCUT2D eigenvalue weighted by Gasteiger charge is -2.40. The zero-order chi connectivity index (χ0) is 10.2. The summed E-state index contributed by atoms with van der Waals surface area (Å²) in [5.41, 5.74) is 0.920. The number of hydrogen-bond donors (Lipinski definition) is 1. The van der Waals surface area contributed by atoms with Crippen molar-refractivity contribution in [2.24, 2.45) is 0 Å². The summed E-state index contributed by atoms with van der Waals surface area (Å²) in [6.07, 6.45) is 1.84.